The maximum absolute atomic E-state index is 13.2. The smallest absolute Gasteiger partial charge is 0.234 e. The number of benzene rings is 2. The van der Waals surface area contributed by atoms with Gasteiger partial charge in [0.15, 0.2) is 11.6 Å². The lowest BCUT2D eigenvalue weighted by Gasteiger charge is -2.31. The highest BCUT2D eigenvalue weighted by Crippen LogP contribution is 2.34. The Balaban J connectivity index is 1.67. The molecule has 1 amide bonds. The summed E-state index contributed by atoms with van der Waals surface area (Å²) in [6.07, 6.45) is 0. The van der Waals surface area contributed by atoms with Crippen LogP contribution >= 0.6 is 23.4 Å². The van der Waals surface area contributed by atoms with Crippen molar-refractivity contribution >= 4 is 40.6 Å². The number of carbonyl (C=O) groups is 1. The molecule has 1 saturated heterocycles. The number of ether oxygens (including phenoxy) is 1. The zero-order valence-corrected chi connectivity index (χ0v) is 15.4. The number of nitrogens with zero attached hydrogens (tertiary/aromatic N) is 1. The molecule has 1 aliphatic rings. The number of para-hydroxylation sites is 1. The molecule has 0 aromatic heterocycles. The summed E-state index contributed by atoms with van der Waals surface area (Å²) in [5, 5.41) is 3.40. The van der Waals surface area contributed by atoms with Gasteiger partial charge in [-0.15, -0.1) is 11.8 Å². The highest BCUT2D eigenvalue weighted by molar-refractivity contribution is 8.00. The van der Waals surface area contributed by atoms with Crippen LogP contribution in [0.1, 0.15) is 0 Å². The molecule has 0 bridgehead atoms. The fraction of sp³-hybridized carbons (Fsp3) is 0.278. The molecule has 0 unspecified atom stereocenters. The van der Waals surface area contributed by atoms with Gasteiger partial charge in [-0.25, -0.2) is 8.78 Å². The Morgan fingerprint density at radius 3 is 2.69 bits per heavy atom. The molecule has 0 atom stereocenters. The van der Waals surface area contributed by atoms with Crippen molar-refractivity contribution in [2.75, 3.05) is 42.3 Å². The third-order valence-corrected chi connectivity index (χ3v) is 5.15. The molecule has 26 heavy (non-hydrogen) atoms. The van der Waals surface area contributed by atoms with Gasteiger partial charge in [-0.05, 0) is 30.3 Å². The fourth-order valence-corrected chi connectivity index (χ4v) is 3.64. The molecule has 0 aliphatic carbocycles. The number of hydrogen-bond acceptors (Lipinski definition) is 4. The lowest BCUT2D eigenvalue weighted by Crippen LogP contribution is -2.37. The zero-order valence-electron chi connectivity index (χ0n) is 13.8. The molecule has 1 aliphatic heterocycles. The topological polar surface area (TPSA) is 41.6 Å². The van der Waals surface area contributed by atoms with Crippen molar-refractivity contribution in [3.63, 3.8) is 0 Å². The Morgan fingerprint density at radius 1 is 1.19 bits per heavy atom. The van der Waals surface area contributed by atoms with E-state index >= 15 is 0 Å². The Labute approximate surface area is 159 Å². The summed E-state index contributed by atoms with van der Waals surface area (Å²) < 4.78 is 31.5. The van der Waals surface area contributed by atoms with Crippen molar-refractivity contribution in [3.05, 3.63) is 53.1 Å². The predicted octanol–water partition coefficient (Wildman–Crippen LogP) is 4.19. The standard InChI is InChI=1S/C18H17ClF2N2O2S/c19-13-2-1-3-16(18(13)23-6-8-25-9-7-23)22-17(24)11-26-12-4-5-14(20)15(21)10-12/h1-5,10H,6-9,11H2,(H,22,24). The van der Waals surface area contributed by atoms with Crippen LogP contribution in [0.3, 0.4) is 0 Å². The van der Waals surface area contributed by atoms with Crippen LogP contribution in [0, 0.1) is 11.6 Å². The quantitative estimate of drug-likeness (QED) is 0.767. The van der Waals surface area contributed by atoms with Crippen LogP contribution in [-0.2, 0) is 9.53 Å². The summed E-state index contributed by atoms with van der Waals surface area (Å²) in [6.45, 7) is 2.58. The van der Waals surface area contributed by atoms with Crippen LogP contribution in [0.2, 0.25) is 5.02 Å². The number of morpholine rings is 1. The molecule has 0 radical (unpaired) electrons. The van der Waals surface area contributed by atoms with Crippen molar-refractivity contribution in [2.45, 2.75) is 4.90 Å². The first kappa shape index (κ1) is 18.9. The zero-order chi connectivity index (χ0) is 18.5. The molecular formula is C18H17ClF2N2O2S. The third kappa shape index (κ3) is 4.66. The van der Waals surface area contributed by atoms with Crippen molar-refractivity contribution in [1.29, 1.82) is 0 Å². The number of amides is 1. The second-order valence-electron chi connectivity index (χ2n) is 5.65. The van der Waals surface area contributed by atoms with E-state index in [-0.39, 0.29) is 11.7 Å². The number of hydrogen-bond donors (Lipinski definition) is 1. The minimum atomic E-state index is -0.931. The van der Waals surface area contributed by atoms with Crippen molar-refractivity contribution in [2.24, 2.45) is 0 Å². The first-order valence-electron chi connectivity index (χ1n) is 8.03. The second-order valence-corrected chi connectivity index (χ2v) is 7.10. The van der Waals surface area contributed by atoms with Crippen LogP contribution in [-0.4, -0.2) is 38.0 Å². The molecule has 1 heterocycles. The molecule has 1 fully saturated rings. The Kier molecular flexibility index (Phi) is 6.34. The highest BCUT2D eigenvalue weighted by atomic mass is 35.5. The summed E-state index contributed by atoms with van der Waals surface area (Å²) in [4.78, 5) is 14.9. The first-order valence-corrected chi connectivity index (χ1v) is 9.40. The third-order valence-electron chi connectivity index (χ3n) is 3.85. The minimum Gasteiger partial charge on any atom is -0.378 e. The molecule has 1 N–H and O–H groups in total. The van der Waals surface area contributed by atoms with E-state index in [9.17, 15) is 13.6 Å². The van der Waals surface area contributed by atoms with E-state index in [1.807, 2.05) is 0 Å². The predicted molar refractivity (Wildman–Crippen MR) is 100 cm³/mol. The van der Waals surface area contributed by atoms with E-state index in [1.54, 1.807) is 18.2 Å². The van der Waals surface area contributed by atoms with Crippen LogP contribution in [0.15, 0.2) is 41.3 Å². The van der Waals surface area contributed by atoms with Crippen molar-refractivity contribution < 1.29 is 18.3 Å². The highest BCUT2D eigenvalue weighted by Gasteiger charge is 2.19. The van der Waals surface area contributed by atoms with Gasteiger partial charge in [-0.2, -0.15) is 0 Å². The average Bonchev–Trinajstić information content (AvgIpc) is 2.63. The van der Waals surface area contributed by atoms with E-state index in [4.69, 9.17) is 16.3 Å². The summed E-state index contributed by atoms with van der Waals surface area (Å²) in [5.41, 5.74) is 1.39. The average molecular weight is 399 g/mol. The SMILES string of the molecule is O=C(CSc1ccc(F)c(F)c1)Nc1cccc(Cl)c1N1CCOCC1. The molecule has 0 saturated carbocycles. The summed E-state index contributed by atoms with van der Waals surface area (Å²) in [7, 11) is 0. The van der Waals surface area contributed by atoms with Crippen LogP contribution in [0.25, 0.3) is 0 Å². The van der Waals surface area contributed by atoms with E-state index < -0.39 is 11.6 Å². The maximum atomic E-state index is 13.2. The molecule has 138 valence electrons. The lowest BCUT2D eigenvalue weighted by atomic mass is 10.2. The van der Waals surface area contributed by atoms with Gasteiger partial charge in [-0.3, -0.25) is 4.79 Å². The van der Waals surface area contributed by atoms with Gasteiger partial charge in [0.2, 0.25) is 5.91 Å². The van der Waals surface area contributed by atoms with Gasteiger partial charge in [0, 0.05) is 18.0 Å². The molecule has 3 rings (SSSR count). The van der Waals surface area contributed by atoms with Crippen LogP contribution in [0.4, 0.5) is 20.2 Å². The normalized spacial score (nSPS) is 14.3. The number of halogens is 3. The molecule has 2 aromatic rings. The molecule has 2 aromatic carbocycles. The van der Waals surface area contributed by atoms with Crippen molar-refractivity contribution in [3.8, 4) is 0 Å². The maximum Gasteiger partial charge on any atom is 0.234 e. The van der Waals surface area contributed by atoms with E-state index in [1.165, 1.54) is 6.07 Å². The first-order chi connectivity index (χ1) is 12.5. The number of nitrogens with one attached hydrogen (secondary N) is 1. The van der Waals surface area contributed by atoms with Gasteiger partial charge in [0.05, 0.1) is 35.4 Å². The van der Waals surface area contributed by atoms with Crippen LogP contribution in [0.5, 0.6) is 0 Å². The summed E-state index contributed by atoms with van der Waals surface area (Å²) in [5.74, 6) is -2.02. The van der Waals surface area contributed by atoms with Gasteiger partial charge >= 0.3 is 0 Å². The van der Waals surface area contributed by atoms with Gasteiger partial charge in [-0.1, -0.05) is 17.7 Å². The molecule has 4 nitrogen and oxygen atoms in total. The Bertz CT molecular complexity index is 801. The fourth-order valence-electron chi connectivity index (χ4n) is 2.63. The number of anilines is 2. The van der Waals surface area contributed by atoms with Gasteiger partial charge < -0.3 is 15.0 Å². The molecule has 8 heteroatoms. The van der Waals surface area contributed by atoms with E-state index in [0.29, 0.717) is 41.9 Å². The van der Waals surface area contributed by atoms with E-state index in [2.05, 4.69) is 10.2 Å². The number of rotatable bonds is 5. The Hall–Kier alpha value is -1.83. The van der Waals surface area contributed by atoms with E-state index in [0.717, 1.165) is 29.6 Å². The number of carbonyl (C=O) groups excluding carboxylic acids is 1. The molecule has 0 spiro atoms. The second kappa shape index (κ2) is 8.70. The molecular weight excluding hydrogens is 382 g/mol. The largest absolute Gasteiger partial charge is 0.378 e. The van der Waals surface area contributed by atoms with Crippen LogP contribution < -0.4 is 10.2 Å². The lowest BCUT2D eigenvalue weighted by molar-refractivity contribution is -0.113. The van der Waals surface area contributed by atoms with Gasteiger partial charge in [0.1, 0.15) is 0 Å². The Morgan fingerprint density at radius 2 is 1.96 bits per heavy atom. The number of thioether (sulfide) groups is 1. The monoisotopic (exact) mass is 398 g/mol. The summed E-state index contributed by atoms with van der Waals surface area (Å²) in [6, 6.07) is 8.89. The summed E-state index contributed by atoms with van der Waals surface area (Å²) >= 11 is 7.47. The van der Waals surface area contributed by atoms with Crippen molar-refractivity contribution in [1.82, 2.24) is 0 Å². The minimum absolute atomic E-state index is 0.0696. The van der Waals surface area contributed by atoms with Gasteiger partial charge in [0.25, 0.3) is 0 Å².